The summed E-state index contributed by atoms with van der Waals surface area (Å²) in [5.41, 5.74) is 2.23. The number of piperazine rings is 1. The number of amides is 2. The number of nitrogens with one attached hydrogen (secondary N) is 1. The number of aromatic nitrogens is 2. The van der Waals surface area contributed by atoms with Crippen LogP contribution in [0.2, 0.25) is 0 Å². The molecular weight excluding hydrogens is 322 g/mol. The van der Waals surface area contributed by atoms with Crippen molar-refractivity contribution in [2.24, 2.45) is 0 Å². The zero-order chi connectivity index (χ0) is 16.9. The van der Waals surface area contributed by atoms with E-state index < -0.39 is 0 Å². The van der Waals surface area contributed by atoms with Crippen molar-refractivity contribution in [1.82, 2.24) is 19.8 Å². The Kier molecular flexibility index (Phi) is 5.42. The Morgan fingerprint density at radius 2 is 2.17 bits per heavy atom. The molecule has 0 unspecified atom stereocenters. The quantitative estimate of drug-likeness (QED) is 0.925. The number of anilines is 1. The fourth-order valence-electron chi connectivity index (χ4n) is 2.84. The van der Waals surface area contributed by atoms with Gasteiger partial charge in [-0.1, -0.05) is 13.0 Å². The molecule has 128 valence electrons. The molecule has 0 aromatic carbocycles. The van der Waals surface area contributed by atoms with Gasteiger partial charge in [-0.15, -0.1) is 11.3 Å². The first-order chi connectivity index (χ1) is 11.7. The van der Waals surface area contributed by atoms with Gasteiger partial charge in [0.2, 0.25) is 0 Å². The number of rotatable bonds is 4. The smallest absolute Gasteiger partial charge is 0.322 e. The van der Waals surface area contributed by atoms with Gasteiger partial charge in [0.1, 0.15) is 0 Å². The number of carbonyl (C=O) groups excluding carboxylic acids is 1. The molecule has 1 aliphatic rings. The Bertz CT molecular complexity index is 667. The minimum atomic E-state index is -0.0549. The Hall–Kier alpha value is -1.99. The van der Waals surface area contributed by atoms with Crippen molar-refractivity contribution in [2.45, 2.75) is 26.3 Å². The van der Waals surface area contributed by atoms with Crippen LogP contribution in [0.3, 0.4) is 0 Å². The van der Waals surface area contributed by atoms with E-state index in [4.69, 9.17) is 0 Å². The third-order valence-corrected chi connectivity index (χ3v) is 5.25. The lowest BCUT2D eigenvalue weighted by Crippen LogP contribution is -2.50. The molecule has 7 heteroatoms. The molecule has 1 fully saturated rings. The molecule has 6 nitrogen and oxygen atoms in total. The molecule has 0 aliphatic carbocycles. The van der Waals surface area contributed by atoms with Crippen molar-refractivity contribution in [3.05, 3.63) is 41.2 Å². The summed E-state index contributed by atoms with van der Waals surface area (Å²) >= 11 is 1.48. The van der Waals surface area contributed by atoms with Gasteiger partial charge in [-0.25, -0.2) is 9.78 Å². The van der Waals surface area contributed by atoms with E-state index in [0.29, 0.717) is 11.2 Å². The second-order valence-corrected chi connectivity index (χ2v) is 6.77. The molecule has 3 heterocycles. The monoisotopic (exact) mass is 345 g/mol. The summed E-state index contributed by atoms with van der Waals surface area (Å²) in [6.45, 7) is 7.42. The molecule has 2 amide bonds. The first kappa shape index (κ1) is 16.9. The van der Waals surface area contributed by atoms with Crippen LogP contribution in [0, 0.1) is 0 Å². The Morgan fingerprint density at radius 3 is 2.79 bits per heavy atom. The number of pyridine rings is 1. The molecule has 0 saturated carbocycles. The van der Waals surface area contributed by atoms with Crippen LogP contribution in [0.15, 0.2) is 29.9 Å². The maximum atomic E-state index is 12.4. The highest BCUT2D eigenvalue weighted by Crippen LogP contribution is 2.21. The van der Waals surface area contributed by atoms with Crippen molar-refractivity contribution in [3.63, 3.8) is 0 Å². The number of aryl methyl sites for hydroxylation is 1. The van der Waals surface area contributed by atoms with Crippen molar-refractivity contribution >= 4 is 22.5 Å². The normalized spacial score (nSPS) is 16.8. The highest BCUT2D eigenvalue weighted by atomic mass is 32.1. The second kappa shape index (κ2) is 7.72. The van der Waals surface area contributed by atoms with Gasteiger partial charge in [0.15, 0.2) is 5.13 Å². The van der Waals surface area contributed by atoms with Gasteiger partial charge < -0.3 is 4.90 Å². The van der Waals surface area contributed by atoms with E-state index in [-0.39, 0.29) is 6.03 Å². The van der Waals surface area contributed by atoms with Crippen LogP contribution in [0.5, 0.6) is 0 Å². The van der Waals surface area contributed by atoms with E-state index in [1.807, 2.05) is 22.5 Å². The molecule has 2 aromatic heterocycles. The predicted octanol–water partition coefficient (Wildman–Crippen LogP) is 3.01. The van der Waals surface area contributed by atoms with Gasteiger partial charge in [0.05, 0.1) is 5.69 Å². The second-order valence-electron chi connectivity index (χ2n) is 5.91. The SMILES string of the molecule is CCc1csc(NC(=O)N2CCN([C@H](C)c3cccnc3)CC2)n1. The summed E-state index contributed by atoms with van der Waals surface area (Å²) in [6, 6.07) is 4.33. The van der Waals surface area contributed by atoms with E-state index in [2.05, 4.69) is 40.1 Å². The van der Waals surface area contributed by atoms with E-state index in [1.54, 1.807) is 6.20 Å². The number of hydrogen-bond donors (Lipinski definition) is 1. The molecule has 24 heavy (non-hydrogen) atoms. The summed E-state index contributed by atoms with van der Waals surface area (Å²) in [5, 5.41) is 5.58. The number of urea groups is 1. The number of thiazole rings is 1. The molecular formula is C17H23N5OS. The van der Waals surface area contributed by atoms with Crippen LogP contribution in [-0.4, -0.2) is 52.0 Å². The highest BCUT2D eigenvalue weighted by Gasteiger charge is 2.25. The lowest BCUT2D eigenvalue weighted by atomic mass is 10.1. The average Bonchev–Trinajstić information content (AvgIpc) is 3.09. The fraction of sp³-hybridized carbons (Fsp3) is 0.471. The summed E-state index contributed by atoms with van der Waals surface area (Å²) in [4.78, 5) is 25.2. The Labute approximate surface area is 146 Å². The zero-order valence-corrected chi connectivity index (χ0v) is 14.9. The highest BCUT2D eigenvalue weighted by molar-refractivity contribution is 7.13. The Balaban J connectivity index is 1.52. The van der Waals surface area contributed by atoms with E-state index in [0.717, 1.165) is 38.3 Å². The lowest BCUT2D eigenvalue weighted by molar-refractivity contribution is 0.119. The van der Waals surface area contributed by atoms with Crippen LogP contribution in [0.4, 0.5) is 9.93 Å². The van der Waals surface area contributed by atoms with Gasteiger partial charge >= 0.3 is 6.03 Å². The van der Waals surface area contributed by atoms with Gasteiger partial charge in [-0.3, -0.25) is 15.2 Å². The molecule has 0 radical (unpaired) electrons. The summed E-state index contributed by atoms with van der Waals surface area (Å²) in [6.07, 6.45) is 4.59. The zero-order valence-electron chi connectivity index (χ0n) is 14.1. The molecule has 1 N–H and O–H groups in total. The lowest BCUT2D eigenvalue weighted by Gasteiger charge is -2.37. The van der Waals surface area contributed by atoms with Crippen molar-refractivity contribution in [2.75, 3.05) is 31.5 Å². The van der Waals surface area contributed by atoms with Gasteiger partial charge in [-0.2, -0.15) is 0 Å². The van der Waals surface area contributed by atoms with Gasteiger partial charge in [0.25, 0.3) is 0 Å². The van der Waals surface area contributed by atoms with Crippen LogP contribution in [-0.2, 0) is 6.42 Å². The van der Waals surface area contributed by atoms with Gasteiger partial charge in [0, 0.05) is 50.0 Å². The molecule has 1 atom stereocenters. The van der Waals surface area contributed by atoms with E-state index in [1.165, 1.54) is 16.9 Å². The third-order valence-electron chi connectivity index (χ3n) is 4.44. The van der Waals surface area contributed by atoms with Crippen LogP contribution in [0.1, 0.15) is 31.1 Å². The van der Waals surface area contributed by atoms with Crippen LogP contribution >= 0.6 is 11.3 Å². The maximum absolute atomic E-state index is 12.4. The molecule has 0 bridgehead atoms. The third kappa shape index (κ3) is 3.91. The Morgan fingerprint density at radius 1 is 1.38 bits per heavy atom. The molecule has 3 rings (SSSR count). The molecule has 1 saturated heterocycles. The topological polar surface area (TPSA) is 61.4 Å². The van der Waals surface area contributed by atoms with Gasteiger partial charge in [-0.05, 0) is 25.0 Å². The maximum Gasteiger partial charge on any atom is 0.323 e. The summed E-state index contributed by atoms with van der Waals surface area (Å²) < 4.78 is 0. The largest absolute Gasteiger partial charge is 0.323 e. The van der Waals surface area contributed by atoms with E-state index >= 15 is 0 Å². The predicted molar refractivity (Wildman–Crippen MR) is 96.3 cm³/mol. The number of hydrogen-bond acceptors (Lipinski definition) is 5. The van der Waals surface area contributed by atoms with Crippen LogP contribution < -0.4 is 5.32 Å². The summed E-state index contributed by atoms with van der Waals surface area (Å²) in [5.74, 6) is 0. The summed E-state index contributed by atoms with van der Waals surface area (Å²) in [7, 11) is 0. The molecule has 2 aromatic rings. The van der Waals surface area contributed by atoms with E-state index in [9.17, 15) is 4.79 Å². The van der Waals surface area contributed by atoms with Crippen molar-refractivity contribution in [1.29, 1.82) is 0 Å². The van der Waals surface area contributed by atoms with Crippen molar-refractivity contribution in [3.8, 4) is 0 Å². The minimum Gasteiger partial charge on any atom is -0.322 e. The number of nitrogens with zero attached hydrogens (tertiary/aromatic N) is 4. The number of carbonyl (C=O) groups is 1. The first-order valence-corrected chi connectivity index (χ1v) is 9.19. The molecule has 1 aliphatic heterocycles. The average molecular weight is 345 g/mol. The van der Waals surface area contributed by atoms with Crippen LogP contribution in [0.25, 0.3) is 0 Å². The minimum absolute atomic E-state index is 0.0549. The fourth-order valence-corrected chi connectivity index (χ4v) is 3.63. The van der Waals surface area contributed by atoms with Crippen molar-refractivity contribution < 1.29 is 4.79 Å². The standard InChI is InChI=1S/C17H23N5OS/c1-3-15-12-24-16(19-15)20-17(23)22-9-7-21(8-10-22)13(2)14-5-4-6-18-11-14/h4-6,11-13H,3,7-10H2,1-2H3,(H,19,20,23)/t13-/m1/s1. The molecule has 0 spiro atoms. The first-order valence-electron chi connectivity index (χ1n) is 8.31.